The second-order valence-electron chi connectivity index (χ2n) is 1.99. The molecule has 0 aromatic carbocycles. The Morgan fingerprint density at radius 3 is 2.00 bits per heavy atom. The van der Waals surface area contributed by atoms with Gasteiger partial charge in [0.25, 0.3) is 0 Å². The molecule has 2 nitrogen and oxygen atoms in total. The van der Waals surface area contributed by atoms with E-state index in [0.29, 0.717) is 0 Å². The van der Waals surface area contributed by atoms with E-state index in [2.05, 4.69) is 0 Å². The van der Waals surface area contributed by atoms with E-state index in [1.54, 1.807) is 0 Å². The molecule has 8 heavy (non-hydrogen) atoms. The van der Waals surface area contributed by atoms with Crippen molar-refractivity contribution in [3.05, 3.63) is 0 Å². The quantitative estimate of drug-likeness (QED) is 0.615. The van der Waals surface area contributed by atoms with Crippen molar-refractivity contribution in [1.82, 2.24) is 0 Å². The molecule has 3 heteroatoms. The first kappa shape index (κ1) is 10.9. The fourth-order valence-electron chi connectivity index (χ4n) is 0.349. The summed E-state index contributed by atoms with van der Waals surface area (Å²) in [7, 11) is 0. The molecule has 0 fully saturated rings. The molecule has 0 bridgehead atoms. The zero-order valence-electron chi connectivity index (χ0n) is 4.96. The fourth-order valence-corrected chi connectivity index (χ4v) is 0.349. The first-order valence-electron chi connectivity index (χ1n) is 2.34. The van der Waals surface area contributed by atoms with Gasteiger partial charge in [-0.2, -0.15) is 0 Å². The van der Waals surface area contributed by atoms with Gasteiger partial charge in [-0.3, -0.25) is 4.79 Å². The molecule has 0 aliphatic heterocycles. The maximum Gasteiger partial charge on any atom is 0.303 e. The minimum Gasteiger partial charge on any atom is -0.481 e. The van der Waals surface area contributed by atoms with Crippen LogP contribution in [0.3, 0.4) is 0 Å². The molecule has 0 rings (SSSR count). The molecule has 0 atom stereocenters. The van der Waals surface area contributed by atoms with Gasteiger partial charge in [-0.25, -0.2) is 0 Å². The van der Waals surface area contributed by atoms with Gasteiger partial charge < -0.3 is 5.11 Å². The van der Waals surface area contributed by atoms with Gasteiger partial charge in [0.05, 0.1) is 0 Å². The Hall–Kier alpha value is -0.0365. The maximum absolute atomic E-state index is 9.81. The molecule has 0 saturated heterocycles. The van der Waals surface area contributed by atoms with Crippen LogP contribution >= 0.6 is 0 Å². The van der Waals surface area contributed by atoms with Gasteiger partial charge in [0.2, 0.25) is 0 Å². The van der Waals surface area contributed by atoms with E-state index in [4.69, 9.17) is 5.11 Å². The summed E-state index contributed by atoms with van der Waals surface area (Å²) < 4.78 is 0. The predicted octanol–water partition coefficient (Wildman–Crippen LogP) is 1.11. The van der Waals surface area contributed by atoms with Crippen molar-refractivity contribution in [3.63, 3.8) is 0 Å². The van der Waals surface area contributed by atoms with Crippen molar-refractivity contribution < 1.29 is 26.4 Å². The van der Waals surface area contributed by atoms with E-state index in [1.165, 1.54) is 0 Å². The SMILES string of the molecule is CC(C)CC(=O)O.[Ni]. The average molecular weight is 161 g/mol. The van der Waals surface area contributed by atoms with E-state index < -0.39 is 5.97 Å². The molecule has 0 amide bonds. The third-order valence-corrected chi connectivity index (χ3v) is 0.583. The second kappa shape index (κ2) is 5.11. The number of rotatable bonds is 2. The molecule has 0 aromatic heterocycles. The number of hydrogen-bond acceptors (Lipinski definition) is 1. The van der Waals surface area contributed by atoms with Crippen LogP contribution in [-0.4, -0.2) is 11.1 Å². The van der Waals surface area contributed by atoms with E-state index in [9.17, 15) is 4.79 Å². The van der Waals surface area contributed by atoms with Crippen LogP contribution in [0, 0.1) is 5.92 Å². The number of hydrogen-bond donors (Lipinski definition) is 1. The Balaban J connectivity index is 0. The minimum atomic E-state index is -0.713. The molecule has 0 heterocycles. The monoisotopic (exact) mass is 160 g/mol. The van der Waals surface area contributed by atoms with E-state index in [1.807, 2.05) is 13.8 Å². The molecule has 0 saturated carbocycles. The van der Waals surface area contributed by atoms with Gasteiger partial charge in [0.15, 0.2) is 0 Å². The third-order valence-electron chi connectivity index (χ3n) is 0.583. The second-order valence-corrected chi connectivity index (χ2v) is 1.99. The van der Waals surface area contributed by atoms with Crippen LogP contribution in [0.15, 0.2) is 0 Å². The first-order valence-corrected chi connectivity index (χ1v) is 2.34. The summed E-state index contributed by atoms with van der Waals surface area (Å²) in [6, 6.07) is 0. The first-order chi connectivity index (χ1) is 3.13. The number of carboxylic acid groups (broad SMARTS) is 1. The summed E-state index contributed by atoms with van der Waals surface area (Å²) in [5.74, 6) is -0.438. The molecule has 0 aliphatic rings. The van der Waals surface area contributed by atoms with Gasteiger partial charge in [-0.15, -0.1) is 0 Å². The van der Waals surface area contributed by atoms with Crippen LogP contribution in [0.1, 0.15) is 20.3 Å². The Kier molecular flexibility index (Phi) is 6.93. The molecular formula is C5H10NiO2. The van der Waals surface area contributed by atoms with Gasteiger partial charge in [0.1, 0.15) is 0 Å². The summed E-state index contributed by atoms with van der Waals surface area (Å²) in [6.07, 6.45) is 0.278. The van der Waals surface area contributed by atoms with Crippen LogP contribution in [0.5, 0.6) is 0 Å². The largest absolute Gasteiger partial charge is 0.481 e. The van der Waals surface area contributed by atoms with Crippen LogP contribution < -0.4 is 0 Å². The van der Waals surface area contributed by atoms with Crippen molar-refractivity contribution in [2.24, 2.45) is 5.92 Å². The predicted molar refractivity (Wildman–Crippen MR) is 27.1 cm³/mol. The molecule has 0 aromatic rings. The van der Waals surface area contributed by atoms with Crippen LogP contribution in [0.4, 0.5) is 0 Å². The summed E-state index contributed by atoms with van der Waals surface area (Å²) in [4.78, 5) is 9.81. The molecule has 0 unspecified atom stereocenters. The molecular weight excluding hydrogens is 151 g/mol. The maximum atomic E-state index is 9.81. The van der Waals surface area contributed by atoms with Crippen LogP contribution in [0.25, 0.3) is 0 Å². The smallest absolute Gasteiger partial charge is 0.303 e. The van der Waals surface area contributed by atoms with Gasteiger partial charge in [-0.1, -0.05) is 13.8 Å². The molecule has 0 aliphatic carbocycles. The molecule has 0 spiro atoms. The summed E-state index contributed by atoms with van der Waals surface area (Å²) in [6.45, 7) is 3.77. The zero-order valence-corrected chi connectivity index (χ0v) is 5.94. The third kappa shape index (κ3) is 9.35. The summed E-state index contributed by atoms with van der Waals surface area (Å²) >= 11 is 0. The molecule has 52 valence electrons. The van der Waals surface area contributed by atoms with Gasteiger partial charge >= 0.3 is 5.97 Å². The molecule has 0 radical (unpaired) electrons. The van der Waals surface area contributed by atoms with Gasteiger partial charge in [0, 0.05) is 22.9 Å². The molecule has 1 N–H and O–H groups in total. The number of aliphatic carboxylic acids is 1. The Bertz CT molecular complexity index is 70.8. The van der Waals surface area contributed by atoms with Crippen LogP contribution in [0.2, 0.25) is 0 Å². The average Bonchev–Trinajstić information content (AvgIpc) is 1.27. The Morgan fingerprint density at radius 2 is 2.00 bits per heavy atom. The van der Waals surface area contributed by atoms with Crippen molar-refractivity contribution in [1.29, 1.82) is 0 Å². The Morgan fingerprint density at radius 1 is 1.62 bits per heavy atom. The topological polar surface area (TPSA) is 37.3 Å². The van der Waals surface area contributed by atoms with Crippen molar-refractivity contribution in [3.8, 4) is 0 Å². The fraction of sp³-hybridized carbons (Fsp3) is 0.800. The summed E-state index contributed by atoms with van der Waals surface area (Å²) in [5, 5.41) is 8.08. The van der Waals surface area contributed by atoms with E-state index in [-0.39, 0.29) is 28.8 Å². The summed E-state index contributed by atoms with van der Waals surface area (Å²) in [5.41, 5.74) is 0. The van der Waals surface area contributed by atoms with E-state index in [0.717, 1.165) is 0 Å². The Labute approximate surface area is 59.2 Å². The zero-order chi connectivity index (χ0) is 5.86. The van der Waals surface area contributed by atoms with E-state index >= 15 is 0 Å². The van der Waals surface area contributed by atoms with Crippen molar-refractivity contribution >= 4 is 5.97 Å². The van der Waals surface area contributed by atoms with Crippen molar-refractivity contribution in [2.45, 2.75) is 20.3 Å². The number of carboxylic acids is 1. The van der Waals surface area contributed by atoms with Crippen molar-refractivity contribution in [2.75, 3.05) is 0 Å². The van der Waals surface area contributed by atoms with Gasteiger partial charge in [-0.05, 0) is 5.92 Å². The van der Waals surface area contributed by atoms with Crippen LogP contribution in [-0.2, 0) is 21.3 Å². The minimum absolute atomic E-state index is 0. The number of carbonyl (C=O) groups is 1. The normalized spacial score (nSPS) is 8.38. The standard InChI is InChI=1S/C5H10O2.Ni/c1-4(2)3-5(6)7;/h4H,3H2,1-2H3,(H,6,7);.